The second-order valence-electron chi connectivity index (χ2n) is 4.26. The van der Waals surface area contributed by atoms with Gasteiger partial charge in [0.2, 0.25) is 0 Å². The summed E-state index contributed by atoms with van der Waals surface area (Å²) < 4.78 is 27.4. The number of sulfonamides is 1. The zero-order valence-corrected chi connectivity index (χ0v) is 12.0. The third kappa shape index (κ3) is 3.48. The predicted octanol–water partition coefficient (Wildman–Crippen LogP) is 2.70. The maximum absolute atomic E-state index is 12.4. The van der Waals surface area contributed by atoms with Crippen LogP contribution in [0, 0.1) is 0 Å². The summed E-state index contributed by atoms with van der Waals surface area (Å²) in [6, 6.07) is 10.1. The summed E-state index contributed by atoms with van der Waals surface area (Å²) in [7, 11) is -3.61. The number of pyridine rings is 1. The first-order valence-electron chi connectivity index (χ1n) is 6.39. The van der Waals surface area contributed by atoms with Crippen LogP contribution in [0.25, 0.3) is 0 Å². The average molecular weight is 291 g/mol. The van der Waals surface area contributed by atoms with Crippen LogP contribution < -0.4 is 10.0 Å². The fourth-order valence-electron chi connectivity index (χ4n) is 1.74. The van der Waals surface area contributed by atoms with E-state index in [1.807, 2.05) is 13.0 Å². The van der Waals surface area contributed by atoms with Crippen molar-refractivity contribution in [1.82, 2.24) is 4.98 Å². The summed E-state index contributed by atoms with van der Waals surface area (Å²) in [6.07, 6.45) is 4.00. The van der Waals surface area contributed by atoms with Crippen LogP contribution in [0.4, 0.5) is 11.4 Å². The van der Waals surface area contributed by atoms with Gasteiger partial charge in [0.1, 0.15) is 4.90 Å². The van der Waals surface area contributed by atoms with Crippen LogP contribution in [0.5, 0.6) is 0 Å². The topological polar surface area (TPSA) is 71.1 Å². The number of anilines is 2. The highest BCUT2D eigenvalue weighted by Crippen LogP contribution is 2.23. The van der Waals surface area contributed by atoms with Crippen molar-refractivity contribution in [2.24, 2.45) is 0 Å². The minimum absolute atomic E-state index is 0.241. The van der Waals surface area contributed by atoms with Crippen molar-refractivity contribution >= 4 is 21.4 Å². The second kappa shape index (κ2) is 6.38. The molecule has 0 saturated heterocycles. The number of benzene rings is 1. The van der Waals surface area contributed by atoms with E-state index in [4.69, 9.17) is 0 Å². The van der Waals surface area contributed by atoms with Gasteiger partial charge in [-0.25, -0.2) is 8.42 Å². The number of rotatable bonds is 6. The van der Waals surface area contributed by atoms with E-state index in [0.29, 0.717) is 11.4 Å². The fraction of sp³-hybridized carbons (Fsp3) is 0.214. The van der Waals surface area contributed by atoms with Crippen LogP contribution in [-0.2, 0) is 10.0 Å². The lowest BCUT2D eigenvalue weighted by atomic mass is 10.3. The normalized spacial score (nSPS) is 11.1. The molecule has 1 aromatic carbocycles. The summed E-state index contributed by atoms with van der Waals surface area (Å²) in [5, 5.41) is 3.12. The Bertz CT molecular complexity index is 657. The van der Waals surface area contributed by atoms with Crippen molar-refractivity contribution in [3.63, 3.8) is 0 Å². The van der Waals surface area contributed by atoms with Crippen molar-refractivity contribution < 1.29 is 8.42 Å². The van der Waals surface area contributed by atoms with E-state index in [-0.39, 0.29) is 4.90 Å². The third-order valence-electron chi connectivity index (χ3n) is 2.67. The van der Waals surface area contributed by atoms with E-state index >= 15 is 0 Å². The molecule has 1 aromatic heterocycles. The molecule has 0 spiro atoms. The molecular formula is C14H17N3O2S. The summed E-state index contributed by atoms with van der Waals surface area (Å²) in [6.45, 7) is 2.75. The summed E-state index contributed by atoms with van der Waals surface area (Å²) in [5.74, 6) is 0. The SMILES string of the molecule is CCCNc1ccccc1S(=O)(=O)Nc1ccncc1. The van der Waals surface area contributed by atoms with Crippen molar-refractivity contribution in [3.8, 4) is 0 Å². The molecule has 1 heterocycles. The molecule has 2 aromatic rings. The van der Waals surface area contributed by atoms with Crippen LogP contribution in [0.15, 0.2) is 53.7 Å². The third-order valence-corrected chi connectivity index (χ3v) is 4.11. The zero-order valence-electron chi connectivity index (χ0n) is 11.2. The molecule has 0 fully saturated rings. The largest absolute Gasteiger partial charge is 0.384 e. The first-order valence-corrected chi connectivity index (χ1v) is 7.87. The smallest absolute Gasteiger partial charge is 0.263 e. The minimum atomic E-state index is -3.61. The Morgan fingerprint density at radius 3 is 2.50 bits per heavy atom. The van der Waals surface area contributed by atoms with Gasteiger partial charge >= 0.3 is 0 Å². The van der Waals surface area contributed by atoms with Gasteiger partial charge in [-0.2, -0.15) is 0 Å². The van der Waals surface area contributed by atoms with Crippen LogP contribution in [0.3, 0.4) is 0 Å². The van der Waals surface area contributed by atoms with Gasteiger partial charge in [0.15, 0.2) is 0 Å². The summed E-state index contributed by atoms with van der Waals surface area (Å²) in [5.41, 5.74) is 1.10. The highest BCUT2D eigenvalue weighted by Gasteiger charge is 2.17. The lowest BCUT2D eigenvalue weighted by Gasteiger charge is -2.13. The number of nitrogens with one attached hydrogen (secondary N) is 2. The van der Waals surface area contributed by atoms with E-state index in [9.17, 15) is 8.42 Å². The molecule has 0 amide bonds. The van der Waals surface area contributed by atoms with Gasteiger partial charge in [-0.3, -0.25) is 9.71 Å². The number of nitrogens with zero attached hydrogens (tertiary/aromatic N) is 1. The molecule has 0 aliphatic carbocycles. The van der Waals surface area contributed by atoms with Crippen LogP contribution in [-0.4, -0.2) is 19.9 Å². The van der Waals surface area contributed by atoms with E-state index in [0.717, 1.165) is 13.0 Å². The van der Waals surface area contributed by atoms with Crippen molar-refractivity contribution in [2.75, 3.05) is 16.6 Å². The minimum Gasteiger partial charge on any atom is -0.384 e. The zero-order chi connectivity index (χ0) is 14.4. The standard InChI is InChI=1S/C14H17N3O2S/c1-2-9-16-13-5-3-4-6-14(13)20(18,19)17-12-7-10-15-11-8-12/h3-8,10-11,16H,2,9H2,1H3,(H,15,17). The van der Waals surface area contributed by atoms with Gasteiger partial charge < -0.3 is 5.32 Å². The van der Waals surface area contributed by atoms with Gasteiger partial charge in [-0.1, -0.05) is 19.1 Å². The molecule has 5 nitrogen and oxygen atoms in total. The molecule has 0 unspecified atom stereocenters. The first kappa shape index (κ1) is 14.3. The number of aromatic nitrogens is 1. The van der Waals surface area contributed by atoms with Crippen molar-refractivity contribution in [3.05, 3.63) is 48.8 Å². The Balaban J connectivity index is 2.30. The molecular weight excluding hydrogens is 274 g/mol. The maximum atomic E-state index is 12.4. The van der Waals surface area contributed by atoms with Crippen molar-refractivity contribution in [1.29, 1.82) is 0 Å². The second-order valence-corrected chi connectivity index (χ2v) is 5.92. The summed E-state index contributed by atoms with van der Waals surface area (Å²) in [4.78, 5) is 4.10. The molecule has 106 valence electrons. The Morgan fingerprint density at radius 1 is 1.10 bits per heavy atom. The number of para-hydroxylation sites is 1. The monoisotopic (exact) mass is 291 g/mol. The van der Waals surface area contributed by atoms with Crippen molar-refractivity contribution in [2.45, 2.75) is 18.2 Å². The molecule has 20 heavy (non-hydrogen) atoms. The van der Waals surface area contributed by atoms with Gasteiger partial charge in [-0.05, 0) is 30.7 Å². The highest BCUT2D eigenvalue weighted by molar-refractivity contribution is 7.92. The van der Waals surface area contributed by atoms with Gasteiger partial charge in [0.25, 0.3) is 10.0 Å². The average Bonchev–Trinajstić information content (AvgIpc) is 2.46. The molecule has 6 heteroatoms. The van der Waals surface area contributed by atoms with Gasteiger partial charge in [0, 0.05) is 18.9 Å². The highest BCUT2D eigenvalue weighted by atomic mass is 32.2. The molecule has 0 saturated carbocycles. The molecule has 2 N–H and O–H groups in total. The molecule has 0 aliphatic heterocycles. The molecule has 0 atom stereocenters. The lowest BCUT2D eigenvalue weighted by molar-refractivity contribution is 0.601. The van der Waals surface area contributed by atoms with E-state index in [2.05, 4.69) is 15.0 Å². The molecule has 2 rings (SSSR count). The van der Waals surface area contributed by atoms with Gasteiger partial charge in [-0.15, -0.1) is 0 Å². The lowest BCUT2D eigenvalue weighted by Crippen LogP contribution is -2.15. The fourth-order valence-corrected chi connectivity index (χ4v) is 2.98. The van der Waals surface area contributed by atoms with Crippen LogP contribution in [0.1, 0.15) is 13.3 Å². The number of hydrogen-bond donors (Lipinski definition) is 2. The van der Waals surface area contributed by atoms with Gasteiger partial charge in [0.05, 0.1) is 11.4 Å². The summed E-state index contributed by atoms with van der Waals surface area (Å²) >= 11 is 0. The Kier molecular flexibility index (Phi) is 4.57. The van der Waals surface area contributed by atoms with E-state index in [1.165, 1.54) is 0 Å². The number of hydrogen-bond acceptors (Lipinski definition) is 4. The maximum Gasteiger partial charge on any atom is 0.263 e. The first-order chi connectivity index (χ1) is 9.63. The Labute approximate surface area is 119 Å². The van der Waals surface area contributed by atoms with E-state index < -0.39 is 10.0 Å². The molecule has 0 aliphatic rings. The Morgan fingerprint density at radius 2 is 1.80 bits per heavy atom. The Hall–Kier alpha value is -2.08. The quantitative estimate of drug-likeness (QED) is 0.858. The molecule has 0 bridgehead atoms. The van der Waals surface area contributed by atoms with E-state index in [1.54, 1.807) is 42.7 Å². The predicted molar refractivity (Wildman–Crippen MR) is 80.3 cm³/mol. The van der Waals surface area contributed by atoms with Crippen LogP contribution >= 0.6 is 0 Å². The van der Waals surface area contributed by atoms with Crippen LogP contribution in [0.2, 0.25) is 0 Å². The molecule has 0 radical (unpaired) electrons.